The lowest BCUT2D eigenvalue weighted by atomic mass is 10.1. The third kappa shape index (κ3) is 4.96. The third-order valence-corrected chi connectivity index (χ3v) is 5.52. The molecule has 166 valence electrons. The number of hydrogen-bond acceptors (Lipinski definition) is 5. The Hall–Kier alpha value is -3.90. The van der Waals surface area contributed by atoms with Gasteiger partial charge in [0, 0.05) is 24.5 Å². The van der Waals surface area contributed by atoms with Crippen LogP contribution in [-0.4, -0.2) is 42.1 Å². The molecule has 1 aromatic heterocycles. The Bertz CT molecular complexity index is 1240. The first-order chi connectivity index (χ1) is 16.3. The van der Waals surface area contributed by atoms with Crippen molar-refractivity contribution in [3.05, 3.63) is 96.1 Å². The van der Waals surface area contributed by atoms with Crippen molar-refractivity contribution < 1.29 is 19.0 Å². The summed E-state index contributed by atoms with van der Waals surface area (Å²) in [6.45, 7) is 2.76. The van der Waals surface area contributed by atoms with E-state index in [0.29, 0.717) is 50.1 Å². The molecule has 33 heavy (non-hydrogen) atoms. The number of pyridine rings is 1. The van der Waals surface area contributed by atoms with E-state index in [1.165, 1.54) is 0 Å². The summed E-state index contributed by atoms with van der Waals surface area (Å²) in [6, 6.07) is 26.7. The van der Waals surface area contributed by atoms with Gasteiger partial charge in [0.25, 0.3) is 5.91 Å². The highest BCUT2D eigenvalue weighted by molar-refractivity contribution is 6.06. The number of aromatic nitrogens is 1. The quantitative estimate of drug-likeness (QED) is 0.419. The van der Waals surface area contributed by atoms with Crippen molar-refractivity contribution in [2.24, 2.45) is 0 Å². The van der Waals surface area contributed by atoms with E-state index in [4.69, 9.17) is 14.2 Å². The van der Waals surface area contributed by atoms with Crippen molar-refractivity contribution >= 4 is 16.8 Å². The number of ether oxygens (including phenoxy) is 3. The average molecular weight is 440 g/mol. The summed E-state index contributed by atoms with van der Waals surface area (Å²) in [5, 5.41) is 0.811. The van der Waals surface area contributed by atoms with Crippen molar-refractivity contribution in [3.8, 4) is 17.4 Å². The SMILES string of the molecule is O=C(c1cc(Oc2ccc(OCc3ccccc3)cc2)nc2ccccc12)N1CCOCC1. The second-order valence-corrected chi connectivity index (χ2v) is 7.78. The number of hydrogen-bond donors (Lipinski definition) is 0. The molecule has 0 radical (unpaired) electrons. The molecule has 4 aromatic rings. The highest BCUT2D eigenvalue weighted by Crippen LogP contribution is 2.28. The van der Waals surface area contributed by atoms with E-state index in [9.17, 15) is 4.79 Å². The molecule has 0 spiro atoms. The highest BCUT2D eigenvalue weighted by atomic mass is 16.5. The van der Waals surface area contributed by atoms with Crippen LogP contribution in [0.3, 0.4) is 0 Å². The number of carbonyl (C=O) groups excluding carboxylic acids is 1. The summed E-state index contributed by atoms with van der Waals surface area (Å²) in [6.07, 6.45) is 0. The Balaban J connectivity index is 1.34. The van der Waals surface area contributed by atoms with Crippen molar-refractivity contribution in [2.75, 3.05) is 26.3 Å². The Labute approximate surface area is 192 Å². The van der Waals surface area contributed by atoms with Gasteiger partial charge in [-0.3, -0.25) is 4.79 Å². The van der Waals surface area contributed by atoms with Crippen LogP contribution in [0.1, 0.15) is 15.9 Å². The van der Waals surface area contributed by atoms with Gasteiger partial charge in [-0.25, -0.2) is 4.98 Å². The number of amides is 1. The van der Waals surface area contributed by atoms with Crippen LogP contribution in [0.25, 0.3) is 10.9 Å². The van der Waals surface area contributed by atoms with Crippen LogP contribution in [0.15, 0.2) is 84.9 Å². The van der Waals surface area contributed by atoms with Gasteiger partial charge in [-0.2, -0.15) is 0 Å². The molecule has 0 aliphatic carbocycles. The minimum Gasteiger partial charge on any atom is -0.489 e. The molecule has 0 atom stereocenters. The van der Waals surface area contributed by atoms with E-state index < -0.39 is 0 Å². The van der Waals surface area contributed by atoms with Crippen LogP contribution >= 0.6 is 0 Å². The predicted molar refractivity (Wildman–Crippen MR) is 126 cm³/mol. The maximum absolute atomic E-state index is 13.2. The van der Waals surface area contributed by atoms with Gasteiger partial charge in [-0.05, 0) is 35.9 Å². The Morgan fingerprint density at radius 3 is 2.36 bits per heavy atom. The molecule has 0 N–H and O–H groups in total. The molecule has 1 aliphatic rings. The van der Waals surface area contributed by atoms with E-state index in [0.717, 1.165) is 22.2 Å². The molecule has 1 saturated heterocycles. The molecule has 2 heterocycles. The number of rotatable bonds is 6. The smallest absolute Gasteiger partial charge is 0.254 e. The largest absolute Gasteiger partial charge is 0.489 e. The van der Waals surface area contributed by atoms with Crippen molar-refractivity contribution in [1.29, 1.82) is 0 Å². The van der Waals surface area contributed by atoms with Crippen LogP contribution in [-0.2, 0) is 11.3 Å². The normalized spacial score (nSPS) is 13.6. The van der Waals surface area contributed by atoms with Crippen molar-refractivity contribution in [1.82, 2.24) is 9.88 Å². The highest BCUT2D eigenvalue weighted by Gasteiger charge is 2.22. The fourth-order valence-electron chi connectivity index (χ4n) is 3.78. The zero-order valence-electron chi connectivity index (χ0n) is 18.1. The third-order valence-electron chi connectivity index (χ3n) is 5.52. The standard InChI is InChI=1S/C27H24N2O4/c30-27(29-14-16-31-17-15-29)24-18-26(28-25-9-5-4-8-23(24)25)33-22-12-10-21(11-13-22)32-19-20-6-2-1-3-7-20/h1-13,18H,14-17,19H2. The number of para-hydroxylation sites is 1. The van der Waals surface area contributed by atoms with Crippen LogP contribution in [0.2, 0.25) is 0 Å². The summed E-state index contributed by atoms with van der Waals surface area (Å²) in [5.41, 5.74) is 2.41. The summed E-state index contributed by atoms with van der Waals surface area (Å²) < 4.78 is 17.2. The van der Waals surface area contributed by atoms with Crippen LogP contribution < -0.4 is 9.47 Å². The zero-order chi connectivity index (χ0) is 22.5. The fourth-order valence-corrected chi connectivity index (χ4v) is 3.78. The lowest BCUT2D eigenvalue weighted by Gasteiger charge is -2.27. The Kier molecular flexibility index (Phi) is 6.17. The van der Waals surface area contributed by atoms with Crippen LogP contribution in [0.4, 0.5) is 0 Å². The van der Waals surface area contributed by atoms with Gasteiger partial charge in [-0.15, -0.1) is 0 Å². The van der Waals surface area contributed by atoms with E-state index in [2.05, 4.69) is 4.98 Å². The molecular weight excluding hydrogens is 416 g/mol. The first-order valence-electron chi connectivity index (χ1n) is 11.0. The summed E-state index contributed by atoms with van der Waals surface area (Å²) in [4.78, 5) is 19.6. The topological polar surface area (TPSA) is 60.9 Å². The Morgan fingerprint density at radius 1 is 0.879 bits per heavy atom. The molecule has 1 amide bonds. The van der Waals surface area contributed by atoms with Gasteiger partial charge >= 0.3 is 0 Å². The van der Waals surface area contributed by atoms with E-state index in [-0.39, 0.29) is 5.91 Å². The van der Waals surface area contributed by atoms with Gasteiger partial charge in [0.2, 0.25) is 5.88 Å². The van der Waals surface area contributed by atoms with Gasteiger partial charge in [-0.1, -0.05) is 48.5 Å². The molecular formula is C27H24N2O4. The number of morpholine rings is 1. The van der Waals surface area contributed by atoms with Gasteiger partial charge in [0.05, 0.1) is 24.3 Å². The molecule has 1 fully saturated rings. The van der Waals surface area contributed by atoms with Crippen molar-refractivity contribution in [3.63, 3.8) is 0 Å². The molecule has 3 aromatic carbocycles. The number of benzene rings is 3. The molecule has 6 heteroatoms. The molecule has 0 unspecified atom stereocenters. The number of carbonyl (C=O) groups is 1. The predicted octanol–water partition coefficient (Wildman–Crippen LogP) is 5.08. The summed E-state index contributed by atoms with van der Waals surface area (Å²) in [7, 11) is 0. The van der Waals surface area contributed by atoms with E-state index >= 15 is 0 Å². The van der Waals surface area contributed by atoms with Crippen LogP contribution in [0, 0.1) is 0 Å². The Morgan fingerprint density at radius 2 is 1.58 bits per heavy atom. The molecule has 0 bridgehead atoms. The number of fused-ring (bicyclic) bond motifs is 1. The minimum absolute atomic E-state index is 0.0357. The van der Waals surface area contributed by atoms with Crippen LogP contribution in [0.5, 0.6) is 17.4 Å². The van der Waals surface area contributed by atoms with Gasteiger partial charge in [0.15, 0.2) is 0 Å². The van der Waals surface area contributed by atoms with E-state index in [1.807, 2.05) is 83.8 Å². The molecule has 6 nitrogen and oxygen atoms in total. The fraction of sp³-hybridized carbons (Fsp3) is 0.185. The zero-order valence-corrected chi connectivity index (χ0v) is 18.1. The summed E-state index contributed by atoms with van der Waals surface area (Å²) >= 11 is 0. The molecule has 5 rings (SSSR count). The first-order valence-corrected chi connectivity index (χ1v) is 11.0. The molecule has 1 aliphatic heterocycles. The van der Waals surface area contributed by atoms with Gasteiger partial charge < -0.3 is 19.1 Å². The maximum Gasteiger partial charge on any atom is 0.254 e. The lowest BCUT2D eigenvalue weighted by molar-refractivity contribution is 0.0304. The van der Waals surface area contributed by atoms with E-state index in [1.54, 1.807) is 6.07 Å². The summed E-state index contributed by atoms with van der Waals surface area (Å²) in [5.74, 6) is 1.71. The number of nitrogens with zero attached hydrogens (tertiary/aromatic N) is 2. The van der Waals surface area contributed by atoms with Gasteiger partial charge in [0.1, 0.15) is 18.1 Å². The van der Waals surface area contributed by atoms with Crippen molar-refractivity contribution in [2.45, 2.75) is 6.61 Å². The lowest BCUT2D eigenvalue weighted by Crippen LogP contribution is -2.40. The average Bonchev–Trinajstić information content (AvgIpc) is 2.88. The molecule has 0 saturated carbocycles. The maximum atomic E-state index is 13.2. The second kappa shape index (κ2) is 9.71. The first kappa shape index (κ1) is 21.0. The second-order valence-electron chi connectivity index (χ2n) is 7.78. The monoisotopic (exact) mass is 440 g/mol. The minimum atomic E-state index is -0.0357.